The topological polar surface area (TPSA) is 103 Å². The lowest BCUT2D eigenvalue weighted by Gasteiger charge is -2.18. The number of amides is 1. The maximum Gasteiger partial charge on any atom is 0.258 e. The van der Waals surface area contributed by atoms with Crippen LogP contribution in [-0.4, -0.2) is 37.2 Å². The van der Waals surface area contributed by atoms with Crippen molar-refractivity contribution >= 4 is 16.8 Å². The molecule has 1 amide bonds. The number of rotatable bonds is 8. The van der Waals surface area contributed by atoms with Crippen molar-refractivity contribution in [2.45, 2.75) is 25.8 Å². The molecule has 0 aliphatic carbocycles. The molecule has 0 bridgehead atoms. The number of aryl methyl sites for hydroxylation is 1. The summed E-state index contributed by atoms with van der Waals surface area (Å²) in [5, 5.41) is 3.48. The summed E-state index contributed by atoms with van der Waals surface area (Å²) in [5.41, 5.74) is 1.22. The zero-order valence-electron chi connectivity index (χ0n) is 17.4. The molecule has 0 fully saturated rings. The zero-order chi connectivity index (χ0) is 21.7. The third kappa shape index (κ3) is 4.53. The molecular formula is C22H25N3O5. The second kappa shape index (κ2) is 9.30. The van der Waals surface area contributed by atoms with E-state index >= 15 is 0 Å². The number of ether oxygens (including phenoxy) is 3. The summed E-state index contributed by atoms with van der Waals surface area (Å²) in [6, 6.07) is 10.4. The monoisotopic (exact) mass is 411 g/mol. The quantitative estimate of drug-likeness (QED) is 0.591. The van der Waals surface area contributed by atoms with Crippen molar-refractivity contribution in [1.82, 2.24) is 15.3 Å². The number of aromatic amines is 1. The summed E-state index contributed by atoms with van der Waals surface area (Å²) < 4.78 is 16.1. The number of fused-ring (bicyclic) bond motifs is 1. The van der Waals surface area contributed by atoms with E-state index in [0.717, 1.165) is 5.56 Å². The molecule has 2 aromatic carbocycles. The van der Waals surface area contributed by atoms with Gasteiger partial charge in [-0.05, 0) is 36.8 Å². The summed E-state index contributed by atoms with van der Waals surface area (Å²) >= 11 is 0. The van der Waals surface area contributed by atoms with Gasteiger partial charge in [0.25, 0.3) is 5.56 Å². The van der Waals surface area contributed by atoms with Gasteiger partial charge in [-0.15, -0.1) is 0 Å². The normalized spacial score (nSPS) is 11.7. The van der Waals surface area contributed by atoms with Crippen LogP contribution in [0.1, 0.15) is 30.8 Å². The number of aromatic nitrogens is 2. The summed E-state index contributed by atoms with van der Waals surface area (Å²) in [5.74, 6) is 1.85. The van der Waals surface area contributed by atoms with Gasteiger partial charge >= 0.3 is 0 Å². The Morgan fingerprint density at radius 1 is 1.10 bits per heavy atom. The molecule has 30 heavy (non-hydrogen) atoms. The molecule has 8 nitrogen and oxygen atoms in total. The van der Waals surface area contributed by atoms with Gasteiger partial charge < -0.3 is 24.5 Å². The van der Waals surface area contributed by atoms with Crippen LogP contribution in [0.5, 0.6) is 17.2 Å². The Hall–Kier alpha value is -3.55. The predicted octanol–water partition coefficient (Wildman–Crippen LogP) is 2.76. The minimum atomic E-state index is -0.283. The van der Waals surface area contributed by atoms with E-state index in [2.05, 4.69) is 15.3 Å². The molecule has 1 atom stereocenters. The number of nitrogens with zero attached hydrogens (tertiary/aromatic N) is 1. The maximum atomic E-state index is 12.5. The number of H-pyrrole nitrogens is 1. The first-order chi connectivity index (χ1) is 14.5. The van der Waals surface area contributed by atoms with E-state index in [0.29, 0.717) is 40.4 Å². The molecule has 1 aromatic heterocycles. The Kier molecular flexibility index (Phi) is 6.56. The van der Waals surface area contributed by atoms with Crippen molar-refractivity contribution in [2.24, 2.45) is 0 Å². The first kappa shape index (κ1) is 21.2. The van der Waals surface area contributed by atoms with Gasteiger partial charge in [0, 0.05) is 12.8 Å². The fourth-order valence-corrected chi connectivity index (χ4v) is 3.23. The van der Waals surface area contributed by atoms with Crippen molar-refractivity contribution < 1.29 is 19.0 Å². The number of benzene rings is 2. The number of carbonyl (C=O) groups is 1. The molecule has 0 saturated carbocycles. The highest BCUT2D eigenvalue weighted by Gasteiger charge is 2.18. The Balaban J connectivity index is 1.68. The van der Waals surface area contributed by atoms with Crippen LogP contribution < -0.4 is 25.1 Å². The molecular weight excluding hydrogens is 386 g/mol. The van der Waals surface area contributed by atoms with Crippen molar-refractivity contribution in [2.75, 3.05) is 21.3 Å². The van der Waals surface area contributed by atoms with Gasteiger partial charge in [-0.1, -0.05) is 12.1 Å². The molecule has 1 unspecified atom stereocenters. The second-order valence-corrected chi connectivity index (χ2v) is 6.78. The molecule has 8 heteroatoms. The van der Waals surface area contributed by atoms with Crippen LogP contribution in [0.2, 0.25) is 0 Å². The largest absolute Gasteiger partial charge is 0.493 e. The number of para-hydroxylation sites is 1. The van der Waals surface area contributed by atoms with E-state index in [1.54, 1.807) is 44.6 Å². The molecule has 0 spiro atoms. The molecule has 0 aliphatic rings. The van der Waals surface area contributed by atoms with Crippen molar-refractivity contribution in [3.8, 4) is 17.2 Å². The summed E-state index contributed by atoms with van der Waals surface area (Å²) in [6.45, 7) is 1.87. The van der Waals surface area contributed by atoms with Gasteiger partial charge in [-0.3, -0.25) is 9.59 Å². The van der Waals surface area contributed by atoms with E-state index in [1.807, 2.05) is 13.0 Å². The fourth-order valence-electron chi connectivity index (χ4n) is 3.23. The Morgan fingerprint density at radius 3 is 2.40 bits per heavy atom. The smallest absolute Gasteiger partial charge is 0.258 e. The highest BCUT2D eigenvalue weighted by molar-refractivity contribution is 5.78. The van der Waals surface area contributed by atoms with Crippen LogP contribution in [-0.2, 0) is 11.2 Å². The van der Waals surface area contributed by atoms with Crippen LogP contribution >= 0.6 is 0 Å². The number of hydrogen-bond acceptors (Lipinski definition) is 6. The molecule has 3 aromatic rings. The number of methoxy groups -OCH3 is 3. The lowest BCUT2D eigenvalue weighted by molar-refractivity contribution is -0.121. The van der Waals surface area contributed by atoms with E-state index < -0.39 is 0 Å². The van der Waals surface area contributed by atoms with Crippen LogP contribution in [0, 0.1) is 0 Å². The average Bonchev–Trinajstić information content (AvgIpc) is 2.76. The lowest BCUT2D eigenvalue weighted by Crippen LogP contribution is -2.27. The maximum absolute atomic E-state index is 12.5. The van der Waals surface area contributed by atoms with E-state index in [4.69, 9.17) is 14.2 Å². The second-order valence-electron chi connectivity index (χ2n) is 6.78. The lowest BCUT2D eigenvalue weighted by atomic mass is 10.1. The van der Waals surface area contributed by atoms with Crippen molar-refractivity contribution in [1.29, 1.82) is 0 Å². The van der Waals surface area contributed by atoms with E-state index in [9.17, 15) is 9.59 Å². The highest BCUT2D eigenvalue weighted by atomic mass is 16.5. The standard InChI is InChI=1S/C22H25N3O5/c1-13(14-11-17(28-2)21(30-4)18(12-14)29-3)23-20(26)10-9-19-24-16-8-6-5-7-15(16)22(27)25-19/h5-8,11-13H,9-10H2,1-4H3,(H,23,26)(H,24,25,27). The minimum absolute atomic E-state index is 0.160. The van der Waals surface area contributed by atoms with E-state index in [-0.39, 0.29) is 23.9 Å². The van der Waals surface area contributed by atoms with Crippen LogP contribution in [0.25, 0.3) is 10.9 Å². The molecule has 3 rings (SSSR count). The summed E-state index contributed by atoms with van der Waals surface area (Å²) in [6.07, 6.45) is 0.518. The predicted molar refractivity (Wildman–Crippen MR) is 113 cm³/mol. The van der Waals surface area contributed by atoms with Gasteiger partial charge in [-0.2, -0.15) is 0 Å². The molecule has 0 saturated heterocycles. The molecule has 2 N–H and O–H groups in total. The van der Waals surface area contributed by atoms with Gasteiger partial charge in [0.15, 0.2) is 11.5 Å². The van der Waals surface area contributed by atoms with Gasteiger partial charge in [-0.25, -0.2) is 4.98 Å². The Bertz CT molecular complexity index is 1080. The van der Waals surface area contributed by atoms with Gasteiger partial charge in [0.1, 0.15) is 5.82 Å². The molecule has 1 heterocycles. The minimum Gasteiger partial charge on any atom is -0.493 e. The first-order valence-corrected chi connectivity index (χ1v) is 9.54. The van der Waals surface area contributed by atoms with Crippen LogP contribution in [0.4, 0.5) is 0 Å². The van der Waals surface area contributed by atoms with Gasteiger partial charge in [0.05, 0.1) is 38.3 Å². The molecule has 158 valence electrons. The van der Waals surface area contributed by atoms with Crippen molar-refractivity contribution in [3.05, 3.63) is 58.1 Å². The third-order valence-corrected chi connectivity index (χ3v) is 4.82. The summed E-state index contributed by atoms with van der Waals surface area (Å²) in [4.78, 5) is 31.8. The third-order valence-electron chi connectivity index (χ3n) is 4.82. The molecule has 0 radical (unpaired) electrons. The number of hydrogen-bond donors (Lipinski definition) is 2. The fraction of sp³-hybridized carbons (Fsp3) is 0.318. The zero-order valence-corrected chi connectivity index (χ0v) is 17.4. The summed E-state index contributed by atoms with van der Waals surface area (Å²) in [7, 11) is 4.62. The van der Waals surface area contributed by atoms with Gasteiger partial charge in [0.2, 0.25) is 11.7 Å². The first-order valence-electron chi connectivity index (χ1n) is 9.54. The highest BCUT2D eigenvalue weighted by Crippen LogP contribution is 2.39. The SMILES string of the molecule is COc1cc(C(C)NC(=O)CCc2nc3ccccc3c(=O)[nH]2)cc(OC)c1OC. The van der Waals surface area contributed by atoms with Crippen LogP contribution in [0.3, 0.4) is 0 Å². The molecule has 0 aliphatic heterocycles. The van der Waals surface area contributed by atoms with Crippen molar-refractivity contribution in [3.63, 3.8) is 0 Å². The average molecular weight is 411 g/mol. The Morgan fingerprint density at radius 2 is 1.77 bits per heavy atom. The number of carbonyl (C=O) groups excluding carboxylic acids is 1. The number of nitrogens with one attached hydrogen (secondary N) is 2. The van der Waals surface area contributed by atoms with Crippen LogP contribution in [0.15, 0.2) is 41.2 Å². The van der Waals surface area contributed by atoms with E-state index in [1.165, 1.54) is 7.11 Å². The Labute approximate surface area is 174 Å².